The second-order valence-corrected chi connectivity index (χ2v) is 0.638. The summed E-state index contributed by atoms with van der Waals surface area (Å²) >= 11 is -3.11. The smallest absolute Gasteiger partial charge is 0.222 e. The molecular formula is HF2Li2NS. The third-order valence-corrected chi connectivity index (χ3v) is 0. The van der Waals surface area contributed by atoms with Gasteiger partial charge in [0.15, 0.2) is 0 Å². The van der Waals surface area contributed by atoms with Gasteiger partial charge in [0, 0.05) is 37.7 Å². The van der Waals surface area contributed by atoms with Crippen LogP contribution < -0.4 is 0 Å². The summed E-state index contributed by atoms with van der Waals surface area (Å²) in [6.45, 7) is 0. The summed E-state index contributed by atoms with van der Waals surface area (Å²) < 4.78 is 25.3. The zero-order valence-corrected chi connectivity index (χ0v) is 4.48. The van der Waals surface area contributed by atoms with Gasteiger partial charge in [0.2, 0.25) is 0 Å². The summed E-state index contributed by atoms with van der Waals surface area (Å²) in [6.07, 6.45) is 0. The fourth-order valence-electron chi connectivity index (χ4n) is 0. The largest absolute Gasteiger partial charge is 0.258 e. The van der Waals surface area contributed by atoms with Crippen LogP contribution in [-0.4, -0.2) is 37.7 Å². The van der Waals surface area contributed by atoms with Gasteiger partial charge >= 0.3 is 0 Å². The predicted octanol–water partition coefficient (Wildman–Crippen LogP) is 0.374. The summed E-state index contributed by atoms with van der Waals surface area (Å²) in [4.78, 5) is 0. The third-order valence-electron chi connectivity index (χ3n) is 0. The first-order chi connectivity index (χ1) is 1.73. The maximum atomic E-state index is 10.0. The molecule has 0 atom stereocenters. The van der Waals surface area contributed by atoms with Gasteiger partial charge in [-0.2, -0.15) is 0 Å². The predicted molar refractivity (Wildman–Crippen MR) is 23.8 cm³/mol. The van der Waals surface area contributed by atoms with Gasteiger partial charge in [0.25, 0.3) is 11.5 Å². The van der Waals surface area contributed by atoms with Crippen LogP contribution in [0.1, 0.15) is 0 Å². The van der Waals surface area contributed by atoms with Gasteiger partial charge in [-0.1, -0.05) is 0 Å². The van der Waals surface area contributed by atoms with E-state index in [9.17, 15) is 7.77 Å². The molecule has 0 aliphatic rings. The molecule has 6 heavy (non-hydrogen) atoms. The molecule has 0 saturated heterocycles. The van der Waals surface area contributed by atoms with Crippen LogP contribution in [0.15, 0.2) is 0 Å². The van der Waals surface area contributed by atoms with E-state index in [1.807, 2.05) is 0 Å². The molecule has 0 fully saturated rings. The molecule has 1 nitrogen and oxygen atoms in total. The van der Waals surface area contributed by atoms with Crippen LogP contribution in [0, 0.1) is 4.78 Å². The molecule has 0 unspecified atom stereocenters. The molecule has 0 aromatic heterocycles. The van der Waals surface area contributed by atoms with Crippen molar-refractivity contribution in [3.63, 3.8) is 0 Å². The van der Waals surface area contributed by atoms with E-state index in [1.165, 1.54) is 0 Å². The fraction of sp³-hybridized carbons (Fsp3) is 0. The quantitative estimate of drug-likeness (QED) is 0.424. The molecule has 0 rings (SSSR count). The van der Waals surface area contributed by atoms with Crippen LogP contribution in [0.3, 0.4) is 0 Å². The summed E-state index contributed by atoms with van der Waals surface area (Å²) in [6, 6.07) is 0. The third kappa shape index (κ3) is 63.4. The summed E-state index contributed by atoms with van der Waals surface area (Å²) in [7, 11) is 0. The van der Waals surface area contributed by atoms with E-state index in [4.69, 9.17) is 4.78 Å². The summed E-state index contributed by atoms with van der Waals surface area (Å²) in [5.41, 5.74) is 0. The van der Waals surface area contributed by atoms with Crippen molar-refractivity contribution in [2.75, 3.05) is 0 Å². The maximum absolute atomic E-state index is 10.0. The van der Waals surface area contributed by atoms with Crippen molar-refractivity contribution >= 4 is 49.2 Å². The van der Waals surface area contributed by atoms with Crippen molar-refractivity contribution in [2.45, 2.75) is 0 Å². The Hall–Kier alpha value is 1.20. The van der Waals surface area contributed by atoms with Crippen molar-refractivity contribution in [3.8, 4) is 0 Å². The van der Waals surface area contributed by atoms with E-state index in [1.54, 1.807) is 0 Å². The minimum atomic E-state index is -3.11. The Morgan fingerprint density at radius 3 is 1.17 bits per heavy atom. The van der Waals surface area contributed by atoms with Crippen molar-refractivity contribution in [2.24, 2.45) is 0 Å². The van der Waals surface area contributed by atoms with Gasteiger partial charge in [0.05, 0.1) is 0 Å². The SMILES string of the molecule is N=S(F)F.[Li].[Li]. The molecule has 0 saturated carbocycles. The van der Waals surface area contributed by atoms with E-state index in [0.717, 1.165) is 0 Å². The van der Waals surface area contributed by atoms with Crippen LogP contribution in [-0.2, 0) is 11.5 Å². The normalized spacial score (nSPS) is 5.83. The van der Waals surface area contributed by atoms with Gasteiger partial charge in [-0.15, -0.1) is 7.77 Å². The van der Waals surface area contributed by atoms with Crippen molar-refractivity contribution in [3.05, 3.63) is 0 Å². The fourth-order valence-corrected chi connectivity index (χ4v) is 0. The molecule has 0 aliphatic carbocycles. The minimum absolute atomic E-state index is 0. The monoisotopic (exact) mass is 99.0 g/mol. The molecule has 1 N–H and O–H groups in total. The Morgan fingerprint density at radius 2 is 1.17 bits per heavy atom. The number of halogens is 2. The molecule has 0 aromatic rings. The van der Waals surface area contributed by atoms with Gasteiger partial charge in [0.1, 0.15) is 0 Å². The number of nitrogens with one attached hydrogen (secondary N) is 1. The molecule has 0 bridgehead atoms. The van der Waals surface area contributed by atoms with Crippen LogP contribution in [0.5, 0.6) is 0 Å². The van der Waals surface area contributed by atoms with E-state index in [0.29, 0.717) is 0 Å². The van der Waals surface area contributed by atoms with Crippen LogP contribution in [0.2, 0.25) is 0 Å². The maximum Gasteiger partial charge on any atom is 0.258 e. The van der Waals surface area contributed by atoms with Gasteiger partial charge in [-0.25, -0.2) is 4.78 Å². The van der Waals surface area contributed by atoms with E-state index in [2.05, 4.69) is 0 Å². The van der Waals surface area contributed by atoms with E-state index >= 15 is 0 Å². The Morgan fingerprint density at radius 1 is 1.17 bits per heavy atom. The Labute approximate surface area is 61.7 Å². The average Bonchev–Trinajstić information content (AvgIpc) is 0.811. The summed E-state index contributed by atoms with van der Waals surface area (Å²) in [5, 5.41) is 0. The molecule has 2 radical (unpaired) electrons. The number of rotatable bonds is 0. The Kier molecular flexibility index (Phi) is 24.9. The van der Waals surface area contributed by atoms with Gasteiger partial charge in [-0.3, -0.25) is 0 Å². The molecule has 0 amide bonds. The zero-order chi connectivity index (χ0) is 3.58. The first kappa shape index (κ1) is 15.7. The molecule has 0 aromatic carbocycles. The van der Waals surface area contributed by atoms with Crippen LogP contribution >= 0.6 is 0 Å². The second-order valence-electron chi connectivity index (χ2n) is 0.213. The average molecular weight is 99.0 g/mol. The van der Waals surface area contributed by atoms with Crippen molar-refractivity contribution in [1.82, 2.24) is 0 Å². The van der Waals surface area contributed by atoms with Crippen LogP contribution in [0.25, 0.3) is 0 Å². The second kappa shape index (κ2) is 9.51. The topological polar surface area (TPSA) is 23.9 Å². The molecule has 0 spiro atoms. The number of hydrogen-bond donors (Lipinski definition) is 1. The molecule has 6 heteroatoms. The molecule has 0 aliphatic heterocycles. The molecule has 28 valence electrons. The standard InChI is InChI=1S/F2HNS.2Li/c1-4(2)3;;/h3H;;. The number of hydrogen-bond acceptors (Lipinski definition) is 1. The summed E-state index contributed by atoms with van der Waals surface area (Å²) in [5.74, 6) is 0. The zero-order valence-electron chi connectivity index (χ0n) is 3.66. The van der Waals surface area contributed by atoms with Gasteiger partial charge < -0.3 is 0 Å². The minimum Gasteiger partial charge on any atom is -0.222 e. The van der Waals surface area contributed by atoms with Crippen LogP contribution in [0.4, 0.5) is 7.77 Å². The Balaban J connectivity index is -0.0000000450. The Bertz CT molecular complexity index is 34.5. The van der Waals surface area contributed by atoms with Crippen molar-refractivity contribution < 1.29 is 7.77 Å². The van der Waals surface area contributed by atoms with E-state index in [-0.39, 0.29) is 37.7 Å². The van der Waals surface area contributed by atoms with E-state index < -0.39 is 11.5 Å². The molecule has 0 heterocycles. The first-order valence-corrected chi connectivity index (χ1v) is 1.54. The first-order valence-electron chi connectivity index (χ1n) is 0.513. The van der Waals surface area contributed by atoms with Crippen molar-refractivity contribution in [1.29, 1.82) is 4.78 Å². The van der Waals surface area contributed by atoms with Gasteiger partial charge in [-0.05, 0) is 0 Å². The molecular weight excluding hydrogens is 98.0 g/mol.